The van der Waals surface area contributed by atoms with E-state index in [9.17, 15) is 0 Å². The van der Waals surface area contributed by atoms with Gasteiger partial charge in [-0.25, -0.2) is 0 Å². The minimum absolute atomic E-state index is 0.00397. The first-order chi connectivity index (χ1) is 15.0. The number of pyridine rings is 1. The summed E-state index contributed by atoms with van der Waals surface area (Å²) in [5.74, 6) is 0.614. The van der Waals surface area contributed by atoms with E-state index in [1.165, 1.54) is 62.5 Å². The number of hydrogen-bond acceptors (Lipinski definition) is 4. The van der Waals surface area contributed by atoms with Crippen molar-refractivity contribution in [3.8, 4) is 0 Å². The van der Waals surface area contributed by atoms with E-state index in [0.717, 1.165) is 6.54 Å². The van der Waals surface area contributed by atoms with Gasteiger partial charge in [-0.05, 0) is 99.6 Å². The lowest BCUT2D eigenvalue weighted by Gasteiger charge is -2.54. The molecule has 3 aliphatic carbocycles. The van der Waals surface area contributed by atoms with Crippen molar-refractivity contribution in [3.05, 3.63) is 53.4 Å². The van der Waals surface area contributed by atoms with Crippen LogP contribution in [0.5, 0.6) is 0 Å². The summed E-state index contributed by atoms with van der Waals surface area (Å²) in [7, 11) is 4.48. The van der Waals surface area contributed by atoms with Crippen LogP contribution in [0.3, 0.4) is 0 Å². The molecule has 3 heterocycles. The average Bonchev–Trinajstić information content (AvgIpc) is 3.27. The maximum atomic E-state index is 7.35. The van der Waals surface area contributed by atoms with Crippen molar-refractivity contribution in [1.29, 1.82) is 0 Å². The molecule has 0 aromatic carbocycles. The molecule has 0 amide bonds. The van der Waals surface area contributed by atoms with Crippen LogP contribution in [-0.2, 0) is 11.3 Å². The molecule has 1 N–H and O–H groups in total. The van der Waals surface area contributed by atoms with Crippen molar-refractivity contribution in [1.82, 2.24) is 15.2 Å². The SMILES string of the molecule is CN(C)[C@@H]1CCC2=CC3=CCC4(C)C(NCc5cccnc5)CC[C@H]4[C@@]34CC[C@]2(C1)O4. The van der Waals surface area contributed by atoms with Gasteiger partial charge in [0.05, 0.1) is 11.2 Å². The monoisotopic (exact) mass is 419 g/mol. The van der Waals surface area contributed by atoms with Crippen LogP contribution in [0.1, 0.15) is 63.9 Å². The second kappa shape index (κ2) is 7.00. The molecule has 31 heavy (non-hydrogen) atoms. The third-order valence-corrected chi connectivity index (χ3v) is 9.66. The third kappa shape index (κ3) is 2.87. The first-order valence-corrected chi connectivity index (χ1v) is 12.4. The summed E-state index contributed by atoms with van der Waals surface area (Å²) in [5, 5.41) is 3.92. The summed E-state index contributed by atoms with van der Waals surface area (Å²) in [6, 6.07) is 5.39. The number of hydrogen-bond donors (Lipinski definition) is 1. The zero-order valence-corrected chi connectivity index (χ0v) is 19.4. The summed E-state index contributed by atoms with van der Waals surface area (Å²) in [6.45, 7) is 3.44. The van der Waals surface area contributed by atoms with E-state index in [-0.39, 0.29) is 16.6 Å². The van der Waals surface area contributed by atoms with Crippen LogP contribution in [0.25, 0.3) is 0 Å². The Morgan fingerprint density at radius 2 is 2.13 bits per heavy atom. The topological polar surface area (TPSA) is 37.4 Å². The molecule has 1 saturated heterocycles. The molecule has 2 unspecified atom stereocenters. The van der Waals surface area contributed by atoms with Gasteiger partial charge in [0.1, 0.15) is 0 Å². The van der Waals surface area contributed by atoms with Gasteiger partial charge in [-0.3, -0.25) is 4.98 Å². The summed E-state index contributed by atoms with van der Waals surface area (Å²) < 4.78 is 7.35. The van der Waals surface area contributed by atoms with Crippen LogP contribution >= 0.6 is 0 Å². The minimum atomic E-state index is -0.0462. The Bertz CT molecular complexity index is 924. The molecule has 1 aromatic heterocycles. The van der Waals surface area contributed by atoms with E-state index >= 15 is 0 Å². The highest BCUT2D eigenvalue weighted by Crippen LogP contribution is 2.66. The van der Waals surface area contributed by atoms with Gasteiger partial charge < -0.3 is 15.0 Å². The van der Waals surface area contributed by atoms with E-state index in [4.69, 9.17) is 4.74 Å². The van der Waals surface area contributed by atoms with Crippen molar-refractivity contribution in [3.63, 3.8) is 0 Å². The number of rotatable bonds is 4. The number of nitrogens with one attached hydrogen (secondary N) is 1. The maximum Gasteiger partial charge on any atom is 0.0975 e. The Labute approximate surface area is 187 Å². The van der Waals surface area contributed by atoms with Crippen molar-refractivity contribution >= 4 is 0 Å². The number of allylic oxidation sites excluding steroid dienone is 1. The molecule has 2 bridgehead atoms. The molecule has 6 atom stereocenters. The van der Waals surface area contributed by atoms with Crippen molar-refractivity contribution in [2.45, 2.75) is 88.1 Å². The predicted octanol–water partition coefficient (Wildman–Crippen LogP) is 4.63. The van der Waals surface area contributed by atoms with Crippen molar-refractivity contribution in [2.75, 3.05) is 14.1 Å². The largest absolute Gasteiger partial charge is 0.359 e. The van der Waals surface area contributed by atoms with Crippen LogP contribution in [0.2, 0.25) is 0 Å². The van der Waals surface area contributed by atoms with Gasteiger partial charge in [-0.2, -0.15) is 0 Å². The van der Waals surface area contributed by atoms with E-state index in [1.807, 2.05) is 18.5 Å². The zero-order valence-electron chi connectivity index (χ0n) is 19.4. The Balaban J connectivity index is 1.29. The van der Waals surface area contributed by atoms with Crippen LogP contribution in [-0.4, -0.2) is 47.3 Å². The zero-order chi connectivity index (χ0) is 21.3. The lowest BCUT2D eigenvalue weighted by atomic mass is 9.60. The summed E-state index contributed by atoms with van der Waals surface area (Å²) in [5.41, 5.74) is 4.61. The van der Waals surface area contributed by atoms with Crippen LogP contribution in [0.4, 0.5) is 0 Å². The molecule has 2 spiro atoms. The Morgan fingerprint density at radius 3 is 2.94 bits per heavy atom. The molecule has 4 nitrogen and oxygen atoms in total. The normalized spacial score (nSPS) is 43.2. The van der Waals surface area contributed by atoms with Gasteiger partial charge in [0, 0.05) is 31.0 Å². The molecule has 4 heteroatoms. The second-order valence-corrected chi connectivity index (χ2v) is 11.3. The van der Waals surface area contributed by atoms with Gasteiger partial charge in [0.2, 0.25) is 0 Å². The summed E-state index contributed by atoms with van der Waals surface area (Å²) >= 11 is 0. The highest BCUT2D eigenvalue weighted by atomic mass is 16.5. The smallest absolute Gasteiger partial charge is 0.0975 e. The van der Waals surface area contributed by atoms with E-state index < -0.39 is 0 Å². The van der Waals surface area contributed by atoms with Crippen LogP contribution in [0.15, 0.2) is 47.8 Å². The van der Waals surface area contributed by atoms with Gasteiger partial charge in [0.15, 0.2) is 0 Å². The molecule has 2 aliphatic heterocycles. The fraction of sp³-hybridized carbons (Fsp3) is 0.667. The Hall–Kier alpha value is -1.49. The van der Waals surface area contributed by atoms with Crippen LogP contribution < -0.4 is 5.32 Å². The number of aromatic nitrogens is 1. The molecule has 2 saturated carbocycles. The highest BCUT2D eigenvalue weighted by molar-refractivity contribution is 5.47. The maximum absolute atomic E-state index is 7.35. The second-order valence-electron chi connectivity index (χ2n) is 11.3. The quantitative estimate of drug-likeness (QED) is 0.772. The lowest BCUT2D eigenvalue weighted by molar-refractivity contribution is -0.140. The van der Waals surface area contributed by atoms with Gasteiger partial charge in [-0.1, -0.05) is 25.1 Å². The molecule has 1 aromatic rings. The molecule has 5 aliphatic rings. The minimum Gasteiger partial charge on any atom is -0.359 e. The van der Waals surface area contributed by atoms with Gasteiger partial charge >= 0.3 is 0 Å². The van der Waals surface area contributed by atoms with Crippen LogP contribution in [0, 0.1) is 11.3 Å². The molecule has 166 valence electrons. The third-order valence-electron chi connectivity index (χ3n) is 9.66. The van der Waals surface area contributed by atoms with Crippen molar-refractivity contribution in [2.24, 2.45) is 11.3 Å². The standard InChI is InChI=1S/C27H37N3O/c1-25-11-10-21-15-20-6-7-22(30(2)3)16-26(20)12-13-27(21,31-26)23(25)8-9-24(25)29-18-19-5-4-14-28-17-19/h4-5,10,14-15,17,22-24,29H,6-9,11-13,16,18H2,1-3H3/t22-,23-,24?,25?,26-,27-/m1/s1. The number of nitrogens with zero attached hydrogens (tertiary/aromatic N) is 2. The molecule has 6 rings (SSSR count). The van der Waals surface area contributed by atoms with E-state index in [0.29, 0.717) is 18.0 Å². The van der Waals surface area contributed by atoms with Gasteiger partial charge in [-0.15, -0.1) is 0 Å². The van der Waals surface area contributed by atoms with E-state index in [2.05, 4.69) is 54.4 Å². The lowest BCUT2D eigenvalue weighted by Crippen LogP contribution is -2.56. The number of ether oxygens (including phenoxy) is 1. The molecule has 3 fully saturated rings. The number of fused-ring (bicyclic) bond motifs is 1. The van der Waals surface area contributed by atoms with Gasteiger partial charge in [0.25, 0.3) is 0 Å². The molecular weight excluding hydrogens is 382 g/mol. The Morgan fingerprint density at radius 1 is 1.23 bits per heavy atom. The predicted molar refractivity (Wildman–Crippen MR) is 124 cm³/mol. The molecule has 0 radical (unpaired) electrons. The fourth-order valence-electron chi connectivity index (χ4n) is 7.90. The fourth-order valence-corrected chi connectivity index (χ4v) is 7.90. The van der Waals surface area contributed by atoms with Crippen molar-refractivity contribution < 1.29 is 4.74 Å². The first-order valence-electron chi connectivity index (χ1n) is 12.4. The summed E-state index contributed by atoms with van der Waals surface area (Å²) in [4.78, 5) is 6.71. The highest BCUT2D eigenvalue weighted by Gasteiger charge is 2.66. The molecular formula is C27H37N3O. The Kier molecular flexibility index (Phi) is 4.55. The first kappa shape index (κ1) is 20.1. The van der Waals surface area contributed by atoms with E-state index in [1.54, 1.807) is 5.57 Å². The summed E-state index contributed by atoms with van der Waals surface area (Å²) in [6.07, 6.45) is 18.7. The average molecular weight is 420 g/mol.